The van der Waals surface area contributed by atoms with E-state index in [2.05, 4.69) is 48.5 Å². The highest BCUT2D eigenvalue weighted by Crippen LogP contribution is 2.12. The van der Waals surface area contributed by atoms with Gasteiger partial charge in [0.2, 0.25) is 0 Å². The lowest BCUT2D eigenvalue weighted by atomic mass is 10.1. The molecule has 108 valence electrons. The zero-order valence-corrected chi connectivity index (χ0v) is 12.6. The number of hydrogen-bond acceptors (Lipinski definition) is 4. The fraction of sp³-hybridized carbons (Fsp3) is 0.467. The number of methoxy groups -OCH3 is 1. The van der Waals surface area contributed by atoms with Crippen molar-refractivity contribution < 1.29 is 4.74 Å². The van der Waals surface area contributed by atoms with Crippen molar-refractivity contribution in [2.45, 2.75) is 39.4 Å². The SMILES string of the molecule is COc1ccc(CNCc2cn(C(C)(C)C)nn2)cc1. The largest absolute Gasteiger partial charge is 0.497 e. The van der Waals surface area contributed by atoms with Crippen LogP contribution in [-0.2, 0) is 18.6 Å². The number of benzene rings is 1. The van der Waals surface area contributed by atoms with Gasteiger partial charge in [-0.15, -0.1) is 5.10 Å². The predicted octanol–water partition coefficient (Wildman–Crippen LogP) is 2.33. The van der Waals surface area contributed by atoms with Gasteiger partial charge in [-0.25, -0.2) is 4.68 Å². The first kappa shape index (κ1) is 14.5. The molecule has 1 aromatic carbocycles. The first-order chi connectivity index (χ1) is 9.49. The molecule has 20 heavy (non-hydrogen) atoms. The van der Waals surface area contributed by atoms with E-state index in [1.807, 2.05) is 23.0 Å². The van der Waals surface area contributed by atoms with E-state index in [9.17, 15) is 0 Å². The fourth-order valence-corrected chi connectivity index (χ4v) is 1.79. The smallest absolute Gasteiger partial charge is 0.118 e. The van der Waals surface area contributed by atoms with E-state index in [0.717, 1.165) is 18.0 Å². The maximum absolute atomic E-state index is 5.14. The zero-order valence-electron chi connectivity index (χ0n) is 12.6. The molecule has 0 amide bonds. The molecule has 0 atom stereocenters. The van der Waals surface area contributed by atoms with E-state index in [1.165, 1.54) is 5.56 Å². The summed E-state index contributed by atoms with van der Waals surface area (Å²) in [6.45, 7) is 7.83. The van der Waals surface area contributed by atoms with Gasteiger partial charge in [0, 0.05) is 13.1 Å². The molecule has 2 rings (SSSR count). The van der Waals surface area contributed by atoms with Gasteiger partial charge in [0.05, 0.1) is 24.5 Å². The highest BCUT2D eigenvalue weighted by Gasteiger charge is 2.14. The summed E-state index contributed by atoms with van der Waals surface area (Å²) in [5, 5.41) is 11.7. The van der Waals surface area contributed by atoms with Gasteiger partial charge in [0.1, 0.15) is 5.75 Å². The van der Waals surface area contributed by atoms with Crippen molar-refractivity contribution in [3.8, 4) is 5.75 Å². The molecular weight excluding hydrogens is 252 g/mol. The van der Waals surface area contributed by atoms with Crippen LogP contribution in [0.1, 0.15) is 32.0 Å². The summed E-state index contributed by atoms with van der Waals surface area (Å²) in [5.74, 6) is 0.877. The van der Waals surface area contributed by atoms with Gasteiger partial charge in [0.15, 0.2) is 0 Å². The van der Waals surface area contributed by atoms with Gasteiger partial charge >= 0.3 is 0 Å². The van der Waals surface area contributed by atoms with Crippen LogP contribution in [0.15, 0.2) is 30.5 Å². The van der Waals surface area contributed by atoms with E-state index in [-0.39, 0.29) is 5.54 Å². The molecule has 0 unspecified atom stereocenters. The standard InChI is InChI=1S/C15H22N4O/c1-15(2,3)19-11-13(17-18-19)10-16-9-12-5-7-14(20-4)8-6-12/h5-8,11,16H,9-10H2,1-4H3. The fourth-order valence-electron chi connectivity index (χ4n) is 1.79. The van der Waals surface area contributed by atoms with Crippen molar-refractivity contribution in [3.63, 3.8) is 0 Å². The molecule has 0 aliphatic carbocycles. The van der Waals surface area contributed by atoms with Crippen LogP contribution in [0.25, 0.3) is 0 Å². The lowest BCUT2D eigenvalue weighted by molar-refractivity contribution is 0.347. The Balaban J connectivity index is 1.84. The van der Waals surface area contributed by atoms with Crippen molar-refractivity contribution in [3.05, 3.63) is 41.7 Å². The normalized spacial score (nSPS) is 11.6. The zero-order chi connectivity index (χ0) is 14.6. The molecule has 0 aliphatic rings. The van der Waals surface area contributed by atoms with Crippen molar-refractivity contribution in [2.75, 3.05) is 7.11 Å². The van der Waals surface area contributed by atoms with Crippen LogP contribution in [0.3, 0.4) is 0 Å². The summed E-state index contributed by atoms with van der Waals surface area (Å²) in [7, 11) is 1.67. The van der Waals surface area contributed by atoms with Crippen LogP contribution in [-0.4, -0.2) is 22.1 Å². The third-order valence-corrected chi connectivity index (χ3v) is 3.02. The highest BCUT2D eigenvalue weighted by atomic mass is 16.5. The summed E-state index contributed by atoms with van der Waals surface area (Å²) in [6, 6.07) is 8.04. The second-order valence-corrected chi connectivity index (χ2v) is 5.78. The van der Waals surface area contributed by atoms with Gasteiger partial charge in [-0.2, -0.15) is 0 Å². The molecule has 5 nitrogen and oxygen atoms in total. The Kier molecular flexibility index (Phi) is 4.39. The molecule has 0 saturated heterocycles. The second kappa shape index (κ2) is 6.05. The number of ether oxygens (including phenoxy) is 1. The quantitative estimate of drug-likeness (QED) is 0.909. The highest BCUT2D eigenvalue weighted by molar-refractivity contribution is 5.27. The van der Waals surface area contributed by atoms with Gasteiger partial charge in [-0.1, -0.05) is 17.3 Å². The van der Waals surface area contributed by atoms with Crippen molar-refractivity contribution in [1.29, 1.82) is 0 Å². The van der Waals surface area contributed by atoms with Crippen LogP contribution >= 0.6 is 0 Å². The van der Waals surface area contributed by atoms with Crippen LogP contribution in [0.5, 0.6) is 5.75 Å². The van der Waals surface area contributed by atoms with E-state index in [4.69, 9.17) is 4.74 Å². The molecule has 0 bridgehead atoms. The number of nitrogens with one attached hydrogen (secondary N) is 1. The molecule has 1 heterocycles. The number of hydrogen-bond donors (Lipinski definition) is 1. The first-order valence-corrected chi connectivity index (χ1v) is 6.74. The third kappa shape index (κ3) is 3.81. The average Bonchev–Trinajstić information content (AvgIpc) is 2.88. The molecule has 5 heteroatoms. The maximum atomic E-state index is 5.14. The molecular formula is C15H22N4O. The van der Waals surface area contributed by atoms with E-state index in [0.29, 0.717) is 6.54 Å². The Labute approximate surface area is 120 Å². The van der Waals surface area contributed by atoms with Crippen LogP contribution in [0.2, 0.25) is 0 Å². The van der Waals surface area contributed by atoms with Crippen LogP contribution in [0.4, 0.5) is 0 Å². The number of nitrogens with zero attached hydrogens (tertiary/aromatic N) is 3. The summed E-state index contributed by atoms with van der Waals surface area (Å²) in [6.07, 6.45) is 1.99. The van der Waals surface area contributed by atoms with E-state index < -0.39 is 0 Å². The molecule has 1 N–H and O–H groups in total. The average molecular weight is 274 g/mol. The summed E-state index contributed by atoms with van der Waals surface area (Å²) < 4.78 is 7.02. The van der Waals surface area contributed by atoms with Crippen molar-refractivity contribution >= 4 is 0 Å². The summed E-state index contributed by atoms with van der Waals surface area (Å²) in [4.78, 5) is 0. The number of rotatable bonds is 5. The van der Waals surface area contributed by atoms with Gasteiger partial charge in [-0.3, -0.25) is 0 Å². The molecule has 2 aromatic rings. The van der Waals surface area contributed by atoms with Gasteiger partial charge in [0.25, 0.3) is 0 Å². The molecule has 0 aliphatic heterocycles. The molecule has 1 aromatic heterocycles. The Morgan fingerprint density at radius 1 is 1.15 bits per heavy atom. The lowest BCUT2D eigenvalue weighted by Crippen LogP contribution is -2.22. The minimum absolute atomic E-state index is 0.0266. The summed E-state index contributed by atoms with van der Waals surface area (Å²) >= 11 is 0. The van der Waals surface area contributed by atoms with E-state index in [1.54, 1.807) is 7.11 Å². The molecule has 0 spiro atoms. The van der Waals surface area contributed by atoms with Crippen LogP contribution < -0.4 is 10.1 Å². The minimum Gasteiger partial charge on any atom is -0.497 e. The lowest BCUT2D eigenvalue weighted by Gasteiger charge is -2.17. The minimum atomic E-state index is -0.0266. The molecule has 0 radical (unpaired) electrons. The number of aromatic nitrogens is 3. The monoisotopic (exact) mass is 274 g/mol. The topological polar surface area (TPSA) is 52.0 Å². The van der Waals surface area contributed by atoms with E-state index >= 15 is 0 Å². The van der Waals surface area contributed by atoms with Crippen molar-refractivity contribution in [1.82, 2.24) is 20.3 Å². The first-order valence-electron chi connectivity index (χ1n) is 6.74. The van der Waals surface area contributed by atoms with Gasteiger partial charge < -0.3 is 10.1 Å². The van der Waals surface area contributed by atoms with Crippen LogP contribution in [0, 0.1) is 0 Å². The Hall–Kier alpha value is -1.88. The van der Waals surface area contributed by atoms with Crippen molar-refractivity contribution in [2.24, 2.45) is 0 Å². The Morgan fingerprint density at radius 3 is 2.40 bits per heavy atom. The molecule has 0 fully saturated rings. The summed E-state index contributed by atoms with van der Waals surface area (Å²) in [5.41, 5.74) is 2.14. The Bertz CT molecular complexity index is 540. The van der Waals surface area contributed by atoms with Gasteiger partial charge in [-0.05, 0) is 38.5 Å². The molecule has 0 saturated carbocycles. The predicted molar refractivity (Wildman–Crippen MR) is 78.6 cm³/mol. The second-order valence-electron chi connectivity index (χ2n) is 5.78. The maximum Gasteiger partial charge on any atom is 0.118 e. The third-order valence-electron chi connectivity index (χ3n) is 3.02. The Morgan fingerprint density at radius 2 is 1.85 bits per heavy atom.